The van der Waals surface area contributed by atoms with E-state index in [0.29, 0.717) is 22.2 Å². The zero-order chi connectivity index (χ0) is 24.6. The SMILES string of the molecule is N=C(N)c1ccc2[nH]c(-c3cc(C(CC(=O)O)C(=O)O)cc(-c4cccc(O)c4)c3O)nc2c1. The van der Waals surface area contributed by atoms with Gasteiger partial charge >= 0.3 is 11.9 Å². The Labute approximate surface area is 192 Å². The molecule has 1 heterocycles. The Morgan fingerprint density at radius 2 is 1.76 bits per heavy atom. The zero-order valence-electron chi connectivity index (χ0n) is 17.6. The first kappa shape index (κ1) is 22.3. The Morgan fingerprint density at radius 1 is 1.03 bits per heavy atom. The molecule has 1 unspecified atom stereocenters. The van der Waals surface area contributed by atoms with Gasteiger partial charge in [-0.2, -0.15) is 0 Å². The molecule has 0 aliphatic rings. The number of aromatic amines is 1. The molecule has 10 nitrogen and oxygen atoms in total. The molecule has 0 aliphatic carbocycles. The second-order valence-electron chi connectivity index (χ2n) is 7.73. The molecule has 0 aliphatic heterocycles. The molecule has 0 spiro atoms. The van der Waals surface area contributed by atoms with E-state index in [9.17, 15) is 30.0 Å². The van der Waals surface area contributed by atoms with Crippen LogP contribution in [-0.4, -0.2) is 48.2 Å². The third kappa shape index (κ3) is 4.24. The van der Waals surface area contributed by atoms with Gasteiger partial charge < -0.3 is 31.1 Å². The van der Waals surface area contributed by atoms with Crippen LogP contribution in [0.2, 0.25) is 0 Å². The van der Waals surface area contributed by atoms with Gasteiger partial charge in [0.25, 0.3) is 0 Å². The van der Waals surface area contributed by atoms with Crippen molar-refractivity contribution in [3.05, 3.63) is 65.7 Å². The number of amidine groups is 1. The number of benzene rings is 3. The summed E-state index contributed by atoms with van der Waals surface area (Å²) in [6.45, 7) is 0. The van der Waals surface area contributed by atoms with Crippen molar-refractivity contribution in [1.82, 2.24) is 9.97 Å². The maximum absolute atomic E-state index is 11.9. The fraction of sp³-hybridized carbons (Fsp3) is 0.0833. The van der Waals surface area contributed by atoms with Crippen LogP contribution in [0, 0.1) is 5.41 Å². The summed E-state index contributed by atoms with van der Waals surface area (Å²) in [6.07, 6.45) is -0.666. The number of nitrogens with two attached hydrogens (primary N) is 1. The summed E-state index contributed by atoms with van der Waals surface area (Å²) in [4.78, 5) is 30.7. The van der Waals surface area contributed by atoms with Crippen LogP contribution in [-0.2, 0) is 9.59 Å². The molecule has 1 atom stereocenters. The summed E-state index contributed by atoms with van der Waals surface area (Å²) in [5.41, 5.74) is 7.94. The molecule has 4 aromatic rings. The van der Waals surface area contributed by atoms with E-state index in [1.807, 2.05) is 0 Å². The second-order valence-corrected chi connectivity index (χ2v) is 7.73. The number of phenolic OH excluding ortho intramolecular Hbond substituents is 2. The molecule has 3 aromatic carbocycles. The molecule has 0 saturated carbocycles. The normalized spacial score (nSPS) is 11.9. The quantitative estimate of drug-likeness (QED) is 0.161. The largest absolute Gasteiger partial charge is 0.508 e. The molecule has 10 heteroatoms. The van der Waals surface area contributed by atoms with Gasteiger partial charge in [-0.3, -0.25) is 15.0 Å². The highest BCUT2D eigenvalue weighted by Gasteiger charge is 2.27. The first-order valence-corrected chi connectivity index (χ1v) is 10.1. The molecule has 0 saturated heterocycles. The van der Waals surface area contributed by atoms with E-state index in [1.54, 1.807) is 30.3 Å². The Bertz CT molecular complexity index is 1460. The Hall–Kier alpha value is -4.86. The smallest absolute Gasteiger partial charge is 0.311 e. The molecule has 8 N–H and O–H groups in total. The van der Waals surface area contributed by atoms with E-state index in [4.69, 9.17) is 11.1 Å². The lowest BCUT2D eigenvalue weighted by Crippen LogP contribution is -2.16. The molecule has 4 rings (SSSR count). The number of hydrogen-bond donors (Lipinski definition) is 7. The van der Waals surface area contributed by atoms with Crippen molar-refractivity contribution in [3.8, 4) is 34.0 Å². The van der Waals surface area contributed by atoms with E-state index in [-0.39, 0.29) is 39.8 Å². The van der Waals surface area contributed by atoms with Crippen molar-refractivity contribution in [2.24, 2.45) is 5.73 Å². The van der Waals surface area contributed by atoms with Gasteiger partial charge in [0.2, 0.25) is 0 Å². The third-order valence-corrected chi connectivity index (χ3v) is 5.42. The lowest BCUT2D eigenvalue weighted by atomic mass is 9.89. The number of aromatic hydroxyl groups is 2. The average molecular weight is 460 g/mol. The number of imidazole rings is 1. The van der Waals surface area contributed by atoms with Gasteiger partial charge in [-0.05, 0) is 53.6 Å². The standard InChI is InChI=1S/C24H20N4O6/c25-22(26)12-4-5-18-19(9-12)28-23(27-18)17-8-13(16(24(33)34)10-20(30)31)7-15(21(17)32)11-2-1-3-14(29)6-11/h1-9,16,29,32H,10H2,(H3,25,26)(H,27,28)(H,30,31)(H,33,34). The first-order valence-electron chi connectivity index (χ1n) is 10.1. The van der Waals surface area contributed by atoms with E-state index >= 15 is 0 Å². The minimum Gasteiger partial charge on any atom is -0.508 e. The fourth-order valence-corrected chi connectivity index (χ4v) is 3.76. The van der Waals surface area contributed by atoms with Crippen LogP contribution in [0.4, 0.5) is 0 Å². The Kier molecular flexibility index (Phi) is 5.64. The molecule has 0 fully saturated rings. The number of nitrogens with one attached hydrogen (secondary N) is 2. The highest BCUT2D eigenvalue weighted by Crippen LogP contribution is 2.41. The number of aliphatic carboxylic acids is 2. The first-order chi connectivity index (χ1) is 16.1. The van der Waals surface area contributed by atoms with Gasteiger partial charge in [0.05, 0.1) is 28.9 Å². The lowest BCUT2D eigenvalue weighted by Gasteiger charge is -2.16. The number of nitrogens with zero attached hydrogens (tertiary/aromatic N) is 1. The van der Waals surface area contributed by atoms with Crippen LogP contribution in [0.15, 0.2) is 54.6 Å². The summed E-state index contributed by atoms with van der Waals surface area (Å²) in [5, 5.41) is 47.5. The number of nitrogen functional groups attached to an aromatic ring is 1. The predicted octanol–water partition coefficient (Wildman–Crippen LogP) is 3.24. The summed E-state index contributed by atoms with van der Waals surface area (Å²) in [6, 6.07) is 13.7. The number of rotatable bonds is 7. The Morgan fingerprint density at radius 3 is 2.41 bits per heavy atom. The molecule has 172 valence electrons. The minimum absolute atomic E-state index is 0.0651. The highest BCUT2D eigenvalue weighted by atomic mass is 16.4. The lowest BCUT2D eigenvalue weighted by molar-refractivity contribution is -0.145. The summed E-state index contributed by atoms with van der Waals surface area (Å²) >= 11 is 0. The molecule has 34 heavy (non-hydrogen) atoms. The monoisotopic (exact) mass is 460 g/mol. The second kappa shape index (κ2) is 8.58. The van der Waals surface area contributed by atoms with Crippen molar-refractivity contribution in [1.29, 1.82) is 5.41 Å². The number of carboxylic acid groups (broad SMARTS) is 2. The van der Waals surface area contributed by atoms with Crippen molar-refractivity contribution in [3.63, 3.8) is 0 Å². The van der Waals surface area contributed by atoms with Crippen LogP contribution in [0.1, 0.15) is 23.5 Å². The maximum atomic E-state index is 11.9. The van der Waals surface area contributed by atoms with Crippen LogP contribution < -0.4 is 5.73 Å². The van der Waals surface area contributed by atoms with Crippen LogP contribution in [0.25, 0.3) is 33.5 Å². The summed E-state index contributed by atoms with van der Waals surface area (Å²) < 4.78 is 0. The summed E-state index contributed by atoms with van der Waals surface area (Å²) in [7, 11) is 0. The van der Waals surface area contributed by atoms with Crippen LogP contribution in [0.3, 0.4) is 0 Å². The van der Waals surface area contributed by atoms with Crippen molar-refractivity contribution >= 4 is 28.8 Å². The van der Waals surface area contributed by atoms with E-state index in [1.165, 1.54) is 24.3 Å². The number of hydrogen-bond acceptors (Lipinski definition) is 6. The molecule has 0 radical (unpaired) electrons. The molecular formula is C24H20N4O6. The number of H-pyrrole nitrogens is 1. The third-order valence-electron chi connectivity index (χ3n) is 5.42. The van der Waals surface area contributed by atoms with E-state index < -0.39 is 24.3 Å². The predicted molar refractivity (Wildman–Crippen MR) is 124 cm³/mol. The van der Waals surface area contributed by atoms with Gasteiger partial charge in [-0.1, -0.05) is 12.1 Å². The number of fused-ring (bicyclic) bond motifs is 1. The topological polar surface area (TPSA) is 194 Å². The van der Waals surface area contributed by atoms with Crippen molar-refractivity contribution in [2.75, 3.05) is 0 Å². The van der Waals surface area contributed by atoms with Crippen molar-refractivity contribution in [2.45, 2.75) is 12.3 Å². The van der Waals surface area contributed by atoms with Crippen LogP contribution >= 0.6 is 0 Å². The average Bonchev–Trinajstić information content (AvgIpc) is 3.20. The zero-order valence-corrected chi connectivity index (χ0v) is 17.6. The number of carbonyl (C=O) groups is 2. The fourth-order valence-electron chi connectivity index (χ4n) is 3.76. The molecule has 1 aromatic heterocycles. The molecule has 0 bridgehead atoms. The number of phenols is 2. The van der Waals surface area contributed by atoms with Gasteiger partial charge in [-0.25, -0.2) is 4.98 Å². The summed E-state index contributed by atoms with van der Waals surface area (Å²) in [5.74, 6) is -4.25. The highest BCUT2D eigenvalue weighted by molar-refractivity contribution is 5.98. The minimum atomic E-state index is -1.39. The Balaban J connectivity index is 1.96. The molecular weight excluding hydrogens is 440 g/mol. The molecule has 0 amide bonds. The number of carboxylic acids is 2. The maximum Gasteiger partial charge on any atom is 0.311 e. The van der Waals surface area contributed by atoms with Gasteiger partial charge in [-0.15, -0.1) is 0 Å². The van der Waals surface area contributed by atoms with Gasteiger partial charge in [0.1, 0.15) is 23.2 Å². The van der Waals surface area contributed by atoms with Gasteiger partial charge in [0.15, 0.2) is 0 Å². The number of aromatic nitrogens is 2. The van der Waals surface area contributed by atoms with E-state index in [2.05, 4.69) is 9.97 Å². The van der Waals surface area contributed by atoms with E-state index in [0.717, 1.165) is 0 Å². The van der Waals surface area contributed by atoms with Gasteiger partial charge in [0, 0.05) is 11.1 Å². The van der Waals surface area contributed by atoms with Crippen LogP contribution in [0.5, 0.6) is 11.5 Å². The van der Waals surface area contributed by atoms with Crippen molar-refractivity contribution < 1.29 is 30.0 Å².